The van der Waals surface area contributed by atoms with E-state index in [0.29, 0.717) is 22.4 Å². The number of carbonyl (C=O) groups excluding carboxylic acids is 1. The van der Waals surface area contributed by atoms with E-state index in [1.807, 2.05) is 6.07 Å². The second-order valence-corrected chi connectivity index (χ2v) is 6.98. The van der Waals surface area contributed by atoms with Gasteiger partial charge in [0, 0.05) is 31.7 Å². The molecule has 0 aliphatic carbocycles. The standard InChI is InChI=1S/C20H24ClN3O2/c1-26-19-12-18(17(21)11-16(19)20(22)25)23-15-7-9-24(10-8-15)13-14-5-3-2-4-6-14/h2-6,11-12,15,23H,7-10,13H2,1H3,(H2,22,25). The molecule has 1 amide bonds. The third-order valence-electron chi connectivity index (χ3n) is 4.75. The first-order valence-electron chi connectivity index (χ1n) is 8.77. The van der Waals surface area contributed by atoms with Gasteiger partial charge in [-0.25, -0.2) is 0 Å². The predicted octanol–water partition coefficient (Wildman–Crippen LogP) is 3.52. The number of carbonyl (C=O) groups is 1. The Morgan fingerprint density at radius 2 is 1.96 bits per heavy atom. The van der Waals surface area contributed by atoms with E-state index in [2.05, 4.69) is 34.5 Å². The summed E-state index contributed by atoms with van der Waals surface area (Å²) in [5.41, 5.74) is 7.78. The minimum Gasteiger partial charge on any atom is -0.496 e. The lowest BCUT2D eigenvalue weighted by molar-refractivity contribution is 0.0997. The van der Waals surface area contributed by atoms with Crippen LogP contribution in [-0.2, 0) is 6.54 Å². The highest BCUT2D eigenvalue weighted by atomic mass is 35.5. The number of ether oxygens (including phenoxy) is 1. The molecule has 6 heteroatoms. The number of piperidine rings is 1. The first-order chi connectivity index (χ1) is 12.6. The smallest absolute Gasteiger partial charge is 0.252 e. The summed E-state index contributed by atoms with van der Waals surface area (Å²) in [4.78, 5) is 13.9. The van der Waals surface area contributed by atoms with Crippen LogP contribution in [-0.4, -0.2) is 37.0 Å². The Labute approximate surface area is 159 Å². The monoisotopic (exact) mass is 373 g/mol. The van der Waals surface area contributed by atoms with Gasteiger partial charge in [0.05, 0.1) is 23.4 Å². The van der Waals surface area contributed by atoms with Crippen molar-refractivity contribution in [1.29, 1.82) is 0 Å². The number of benzene rings is 2. The Balaban J connectivity index is 1.60. The molecule has 0 atom stereocenters. The van der Waals surface area contributed by atoms with Crippen LogP contribution < -0.4 is 15.8 Å². The number of primary amides is 1. The van der Waals surface area contributed by atoms with Gasteiger partial charge in [-0.05, 0) is 24.5 Å². The van der Waals surface area contributed by atoms with Gasteiger partial charge in [0.2, 0.25) is 0 Å². The van der Waals surface area contributed by atoms with Crippen LogP contribution in [0.1, 0.15) is 28.8 Å². The fraction of sp³-hybridized carbons (Fsp3) is 0.350. The summed E-state index contributed by atoms with van der Waals surface area (Å²) < 4.78 is 5.27. The maximum Gasteiger partial charge on any atom is 0.252 e. The molecule has 2 aromatic carbocycles. The third kappa shape index (κ3) is 4.48. The normalized spacial score (nSPS) is 15.6. The Morgan fingerprint density at radius 1 is 1.27 bits per heavy atom. The zero-order chi connectivity index (χ0) is 18.5. The predicted molar refractivity (Wildman–Crippen MR) is 105 cm³/mol. The van der Waals surface area contributed by atoms with Crippen LogP contribution in [0.25, 0.3) is 0 Å². The number of amides is 1. The molecule has 0 radical (unpaired) electrons. The first-order valence-corrected chi connectivity index (χ1v) is 9.14. The molecule has 0 aromatic heterocycles. The number of methoxy groups -OCH3 is 1. The molecule has 3 N–H and O–H groups in total. The van der Waals surface area contributed by atoms with Gasteiger partial charge in [0.25, 0.3) is 5.91 Å². The number of nitrogens with two attached hydrogens (primary N) is 1. The Bertz CT molecular complexity index is 759. The molecule has 0 saturated carbocycles. The van der Waals surface area contributed by atoms with Gasteiger partial charge in [-0.2, -0.15) is 0 Å². The van der Waals surface area contributed by atoms with E-state index in [9.17, 15) is 4.79 Å². The summed E-state index contributed by atoms with van der Waals surface area (Å²) in [6, 6.07) is 14.2. The minimum absolute atomic E-state index is 0.292. The summed E-state index contributed by atoms with van der Waals surface area (Å²) in [7, 11) is 1.52. The maximum absolute atomic E-state index is 11.5. The Morgan fingerprint density at radius 3 is 2.58 bits per heavy atom. The lowest BCUT2D eigenvalue weighted by atomic mass is 10.0. The van der Waals surface area contributed by atoms with Crippen molar-refractivity contribution in [3.8, 4) is 5.75 Å². The molecular formula is C20H24ClN3O2. The van der Waals surface area contributed by atoms with E-state index < -0.39 is 5.91 Å². The summed E-state index contributed by atoms with van der Waals surface area (Å²) in [5, 5.41) is 3.96. The van der Waals surface area contributed by atoms with Crippen molar-refractivity contribution in [3.05, 3.63) is 58.6 Å². The largest absolute Gasteiger partial charge is 0.496 e. The molecular weight excluding hydrogens is 350 g/mol. The number of nitrogens with one attached hydrogen (secondary N) is 1. The molecule has 0 bridgehead atoms. The summed E-state index contributed by atoms with van der Waals surface area (Å²) in [6.45, 7) is 3.04. The summed E-state index contributed by atoms with van der Waals surface area (Å²) in [5.74, 6) is -0.115. The Kier molecular flexibility index (Phi) is 6.01. The average Bonchev–Trinajstić information content (AvgIpc) is 2.65. The highest BCUT2D eigenvalue weighted by Crippen LogP contribution is 2.32. The lowest BCUT2D eigenvalue weighted by Crippen LogP contribution is -2.38. The van der Waals surface area contributed by atoms with Gasteiger partial charge in [-0.3, -0.25) is 9.69 Å². The van der Waals surface area contributed by atoms with Crippen molar-refractivity contribution in [2.24, 2.45) is 5.73 Å². The summed E-state index contributed by atoms with van der Waals surface area (Å²) in [6.07, 6.45) is 2.06. The van der Waals surface area contributed by atoms with Crippen LogP contribution in [0.5, 0.6) is 5.75 Å². The minimum atomic E-state index is -0.551. The van der Waals surface area contributed by atoms with Crippen molar-refractivity contribution >= 4 is 23.2 Å². The number of hydrogen-bond donors (Lipinski definition) is 2. The molecule has 0 spiro atoms. The highest BCUT2D eigenvalue weighted by molar-refractivity contribution is 6.33. The molecule has 1 aliphatic rings. The van der Waals surface area contributed by atoms with Crippen LogP contribution in [0.4, 0.5) is 5.69 Å². The van der Waals surface area contributed by atoms with Gasteiger partial charge in [-0.1, -0.05) is 41.9 Å². The van der Waals surface area contributed by atoms with Crippen LogP contribution in [0.2, 0.25) is 5.02 Å². The van der Waals surface area contributed by atoms with E-state index >= 15 is 0 Å². The molecule has 1 saturated heterocycles. The van der Waals surface area contributed by atoms with E-state index in [1.54, 1.807) is 12.1 Å². The maximum atomic E-state index is 11.5. The molecule has 3 rings (SSSR count). The first kappa shape index (κ1) is 18.5. The SMILES string of the molecule is COc1cc(NC2CCN(Cc3ccccc3)CC2)c(Cl)cc1C(N)=O. The topological polar surface area (TPSA) is 67.6 Å². The fourth-order valence-electron chi connectivity index (χ4n) is 3.32. The number of likely N-dealkylation sites (tertiary alicyclic amines) is 1. The van der Waals surface area contributed by atoms with E-state index in [4.69, 9.17) is 22.1 Å². The number of anilines is 1. The molecule has 26 heavy (non-hydrogen) atoms. The van der Waals surface area contributed by atoms with Gasteiger partial charge < -0.3 is 15.8 Å². The fourth-order valence-corrected chi connectivity index (χ4v) is 3.54. The van der Waals surface area contributed by atoms with Crippen LogP contribution in [0.15, 0.2) is 42.5 Å². The molecule has 0 unspecified atom stereocenters. The Hall–Kier alpha value is -2.24. The zero-order valence-corrected chi connectivity index (χ0v) is 15.6. The van der Waals surface area contributed by atoms with Crippen molar-refractivity contribution < 1.29 is 9.53 Å². The van der Waals surface area contributed by atoms with Crippen molar-refractivity contribution in [2.45, 2.75) is 25.4 Å². The molecule has 5 nitrogen and oxygen atoms in total. The quantitative estimate of drug-likeness (QED) is 0.812. The second-order valence-electron chi connectivity index (χ2n) is 6.58. The van der Waals surface area contributed by atoms with Crippen molar-refractivity contribution in [2.75, 3.05) is 25.5 Å². The van der Waals surface area contributed by atoms with E-state index in [0.717, 1.165) is 38.2 Å². The molecule has 138 valence electrons. The third-order valence-corrected chi connectivity index (χ3v) is 5.06. The van der Waals surface area contributed by atoms with Gasteiger partial charge in [-0.15, -0.1) is 0 Å². The second kappa shape index (κ2) is 8.43. The number of hydrogen-bond acceptors (Lipinski definition) is 4. The van der Waals surface area contributed by atoms with Crippen LogP contribution >= 0.6 is 11.6 Å². The molecule has 1 aliphatic heterocycles. The molecule has 1 fully saturated rings. The number of nitrogens with zero attached hydrogens (tertiary/aromatic N) is 1. The average molecular weight is 374 g/mol. The van der Waals surface area contributed by atoms with Gasteiger partial charge in [0.1, 0.15) is 5.75 Å². The van der Waals surface area contributed by atoms with Gasteiger partial charge in [0.15, 0.2) is 0 Å². The van der Waals surface area contributed by atoms with Gasteiger partial charge >= 0.3 is 0 Å². The zero-order valence-electron chi connectivity index (χ0n) is 14.9. The summed E-state index contributed by atoms with van der Waals surface area (Å²) >= 11 is 6.32. The van der Waals surface area contributed by atoms with Crippen LogP contribution in [0, 0.1) is 0 Å². The highest BCUT2D eigenvalue weighted by Gasteiger charge is 2.21. The van der Waals surface area contributed by atoms with Crippen molar-refractivity contribution in [1.82, 2.24) is 4.90 Å². The molecule has 1 heterocycles. The van der Waals surface area contributed by atoms with E-state index in [1.165, 1.54) is 12.7 Å². The van der Waals surface area contributed by atoms with E-state index in [-0.39, 0.29) is 0 Å². The number of rotatable bonds is 6. The van der Waals surface area contributed by atoms with Crippen molar-refractivity contribution in [3.63, 3.8) is 0 Å². The number of halogens is 1. The lowest BCUT2D eigenvalue weighted by Gasteiger charge is -2.33. The molecule has 2 aromatic rings. The van der Waals surface area contributed by atoms with Crippen LogP contribution in [0.3, 0.4) is 0 Å².